The fraction of sp³-hybridized carbons (Fsp3) is 0.938. The average molecular weight is 333 g/mol. The van der Waals surface area contributed by atoms with Crippen LogP contribution in [0.2, 0.25) is 0 Å². The number of hydrogen-bond donors (Lipinski definition) is 2. The first kappa shape index (κ1) is 18.5. The molecule has 1 saturated heterocycles. The Bertz CT molecular complexity index is 420. The molecule has 1 saturated carbocycles. The molecule has 5 nitrogen and oxygen atoms in total. The summed E-state index contributed by atoms with van der Waals surface area (Å²) in [6.07, 6.45) is 0.508. The summed E-state index contributed by atoms with van der Waals surface area (Å²) < 4.78 is 28.2. The van der Waals surface area contributed by atoms with Gasteiger partial charge in [-0.15, -0.1) is 0 Å². The van der Waals surface area contributed by atoms with Gasteiger partial charge in [0.15, 0.2) is 0 Å². The highest BCUT2D eigenvalue weighted by Crippen LogP contribution is 2.44. The van der Waals surface area contributed by atoms with Gasteiger partial charge in [-0.3, -0.25) is 9.69 Å². The van der Waals surface area contributed by atoms with Crippen LogP contribution in [0.1, 0.15) is 33.1 Å². The maximum atomic E-state index is 14.1. The van der Waals surface area contributed by atoms with Crippen molar-refractivity contribution < 1.29 is 18.7 Å². The largest absolute Gasteiger partial charge is 0.383 e. The molecule has 2 aliphatic rings. The van der Waals surface area contributed by atoms with Crippen LogP contribution in [0.15, 0.2) is 0 Å². The van der Waals surface area contributed by atoms with E-state index >= 15 is 0 Å². The van der Waals surface area contributed by atoms with Crippen molar-refractivity contribution in [2.24, 2.45) is 5.92 Å². The summed E-state index contributed by atoms with van der Waals surface area (Å²) in [7, 11) is 2.06. The normalized spacial score (nSPS) is 24.3. The molecule has 0 spiro atoms. The number of carbonyl (C=O) groups excluding carboxylic acids is 1. The van der Waals surface area contributed by atoms with Crippen LogP contribution in [0.3, 0.4) is 0 Å². The second-order valence-corrected chi connectivity index (χ2v) is 7.32. The molecule has 1 aliphatic carbocycles. The lowest BCUT2D eigenvalue weighted by molar-refractivity contribution is -0.216. The summed E-state index contributed by atoms with van der Waals surface area (Å²) in [6.45, 7) is 7.87. The third-order valence-corrected chi connectivity index (χ3v) is 5.30. The second-order valence-electron chi connectivity index (χ2n) is 7.32. The maximum Gasteiger partial charge on any atom is 0.352 e. The van der Waals surface area contributed by atoms with Crippen LogP contribution in [-0.4, -0.2) is 78.2 Å². The van der Waals surface area contributed by atoms with Crippen molar-refractivity contribution >= 4 is 5.91 Å². The zero-order valence-corrected chi connectivity index (χ0v) is 14.3. The van der Waals surface area contributed by atoms with E-state index in [1.54, 1.807) is 0 Å². The van der Waals surface area contributed by atoms with Crippen LogP contribution in [0, 0.1) is 5.92 Å². The van der Waals surface area contributed by atoms with Crippen LogP contribution in [0.5, 0.6) is 0 Å². The van der Waals surface area contributed by atoms with Gasteiger partial charge >= 0.3 is 5.92 Å². The molecular weight excluding hydrogens is 304 g/mol. The summed E-state index contributed by atoms with van der Waals surface area (Å²) in [5, 5.41) is 12.2. The number of nitrogens with one attached hydrogen (secondary N) is 1. The van der Waals surface area contributed by atoms with Crippen molar-refractivity contribution in [3.8, 4) is 0 Å². The number of nitrogens with zero attached hydrogens (tertiary/aromatic N) is 2. The molecule has 134 valence electrons. The quantitative estimate of drug-likeness (QED) is 0.759. The van der Waals surface area contributed by atoms with E-state index in [4.69, 9.17) is 0 Å². The molecule has 23 heavy (non-hydrogen) atoms. The summed E-state index contributed by atoms with van der Waals surface area (Å²) in [4.78, 5) is 16.4. The van der Waals surface area contributed by atoms with E-state index in [0.717, 1.165) is 26.2 Å². The summed E-state index contributed by atoms with van der Waals surface area (Å²) in [5.41, 5.74) is -2.15. The van der Waals surface area contributed by atoms with Gasteiger partial charge in [0.05, 0.1) is 0 Å². The van der Waals surface area contributed by atoms with E-state index in [1.165, 1.54) is 0 Å². The number of piperazine rings is 1. The van der Waals surface area contributed by atoms with Crippen LogP contribution < -0.4 is 5.32 Å². The van der Waals surface area contributed by atoms with Gasteiger partial charge in [0.1, 0.15) is 5.60 Å². The van der Waals surface area contributed by atoms with Crippen molar-refractivity contribution in [3.63, 3.8) is 0 Å². The molecule has 1 aliphatic heterocycles. The minimum atomic E-state index is -3.71. The number of halogens is 2. The minimum Gasteiger partial charge on any atom is -0.383 e. The summed E-state index contributed by atoms with van der Waals surface area (Å²) in [5.74, 6) is -4.81. The van der Waals surface area contributed by atoms with Crippen molar-refractivity contribution in [2.45, 2.75) is 50.7 Å². The predicted octanol–water partition coefficient (Wildman–Crippen LogP) is 0.925. The van der Waals surface area contributed by atoms with Crippen molar-refractivity contribution in [2.75, 3.05) is 39.8 Å². The SMILES string of the molecule is CC(C)C(CNC(=O)C(F)(F)C1(O)CCC1)N1CCN(C)CC1. The molecular formula is C16H29F2N3O2. The number of alkyl halides is 2. The Morgan fingerprint density at radius 1 is 1.26 bits per heavy atom. The molecule has 1 heterocycles. The number of aliphatic hydroxyl groups is 1. The summed E-state index contributed by atoms with van der Waals surface area (Å²) >= 11 is 0. The van der Waals surface area contributed by atoms with Gasteiger partial charge in [-0.05, 0) is 32.2 Å². The highest BCUT2D eigenvalue weighted by Gasteiger charge is 2.61. The van der Waals surface area contributed by atoms with Crippen molar-refractivity contribution in [1.29, 1.82) is 0 Å². The average Bonchev–Trinajstić information content (AvgIpc) is 2.46. The van der Waals surface area contributed by atoms with Crippen molar-refractivity contribution in [1.82, 2.24) is 15.1 Å². The Balaban J connectivity index is 1.92. The first-order chi connectivity index (χ1) is 10.7. The molecule has 2 fully saturated rings. The number of likely N-dealkylation sites (N-methyl/N-ethyl adjacent to an activating group) is 1. The Hall–Kier alpha value is -0.790. The lowest BCUT2D eigenvalue weighted by Gasteiger charge is -2.42. The molecule has 2 N–H and O–H groups in total. The second kappa shape index (κ2) is 6.99. The van der Waals surface area contributed by atoms with Gasteiger partial charge in [-0.2, -0.15) is 8.78 Å². The van der Waals surface area contributed by atoms with Crippen LogP contribution >= 0.6 is 0 Å². The number of amides is 1. The van der Waals surface area contributed by atoms with E-state index in [0.29, 0.717) is 6.42 Å². The smallest absolute Gasteiger partial charge is 0.352 e. The highest BCUT2D eigenvalue weighted by atomic mass is 19.3. The molecule has 0 bridgehead atoms. The molecule has 0 aromatic rings. The van der Waals surface area contributed by atoms with E-state index in [1.807, 2.05) is 13.8 Å². The predicted molar refractivity (Wildman–Crippen MR) is 84.5 cm³/mol. The third kappa shape index (κ3) is 3.83. The van der Waals surface area contributed by atoms with Crippen molar-refractivity contribution in [3.05, 3.63) is 0 Å². The van der Waals surface area contributed by atoms with Gasteiger partial charge in [-0.25, -0.2) is 0 Å². The number of carbonyl (C=O) groups is 1. The van der Waals surface area contributed by atoms with E-state index < -0.39 is 17.4 Å². The fourth-order valence-electron chi connectivity index (χ4n) is 3.29. The van der Waals surface area contributed by atoms with Gasteiger partial charge in [0, 0.05) is 38.8 Å². The monoisotopic (exact) mass is 333 g/mol. The van der Waals surface area contributed by atoms with Crippen LogP contribution in [0.25, 0.3) is 0 Å². The standard InChI is InChI=1S/C16H29F2N3O2/c1-12(2)13(21-9-7-20(3)8-10-21)11-19-14(22)16(17,18)15(23)5-4-6-15/h12-13,23H,4-11H2,1-3H3,(H,19,22). The lowest BCUT2D eigenvalue weighted by atomic mass is 9.75. The van der Waals surface area contributed by atoms with Gasteiger partial charge in [-0.1, -0.05) is 13.8 Å². The molecule has 1 unspecified atom stereocenters. The van der Waals surface area contributed by atoms with Crippen LogP contribution in [0.4, 0.5) is 8.78 Å². The topological polar surface area (TPSA) is 55.8 Å². The Labute approximate surface area is 137 Å². The molecule has 0 aromatic heterocycles. The molecule has 0 aromatic carbocycles. The van der Waals surface area contributed by atoms with Gasteiger partial charge in [0.2, 0.25) is 0 Å². The van der Waals surface area contributed by atoms with E-state index in [9.17, 15) is 18.7 Å². The zero-order chi connectivity index (χ0) is 17.3. The molecule has 1 atom stereocenters. The highest BCUT2D eigenvalue weighted by molar-refractivity contribution is 5.85. The minimum absolute atomic E-state index is 0.0144. The first-order valence-electron chi connectivity index (χ1n) is 8.48. The number of rotatable bonds is 6. The van der Waals surface area contributed by atoms with Gasteiger partial charge in [0.25, 0.3) is 5.91 Å². The first-order valence-corrected chi connectivity index (χ1v) is 8.48. The molecule has 1 amide bonds. The molecule has 0 radical (unpaired) electrons. The maximum absolute atomic E-state index is 14.1. The molecule has 7 heteroatoms. The third-order valence-electron chi connectivity index (χ3n) is 5.30. The molecule has 2 rings (SSSR count). The number of hydrogen-bond acceptors (Lipinski definition) is 4. The van der Waals surface area contributed by atoms with E-state index in [-0.39, 0.29) is 31.3 Å². The fourth-order valence-corrected chi connectivity index (χ4v) is 3.29. The van der Waals surface area contributed by atoms with Gasteiger partial charge < -0.3 is 15.3 Å². The van der Waals surface area contributed by atoms with E-state index in [2.05, 4.69) is 22.2 Å². The Morgan fingerprint density at radius 2 is 1.83 bits per heavy atom. The zero-order valence-electron chi connectivity index (χ0n) is 14.3. The Morgan fingerprint density at radius 3 is 2.26 bits per heavy atom. The Kier molecular flexibility index (Phi) is 5.63. The summed E-state index contributed by atoms with van der Waals surface area (Å²) in [6, 6.07) is 0.0273. The van der Waals surface area contributed by atoms with Crippen LogP contribution in [-0.2, 0) is 4.79 Å². The lowest BCUT2D eigenvalue weighted by Crippen LogP contribution is -2.62.